The van der Waals surface area contributed by atoms with Gasteiger partial charge in [-0.25, -0.2) is 0 Å². The quantitative estimate of drug-likeness (QED) is 0.849. The summed E-state index contributed by atoms with van der Waals surface area (Å²) >= 11 is 0. The summed E-state index contributed by atoms with van der Waals surface area (Å²) in [4.78, 5) is 0. The Kier molecular flexibility index (Phi) is 4.28. The van der Waals surface area contributed by atoms with Gasteiger partial charge in [0.1, 0.15) is 0 Å². The highest BCUT2D eigenvalue weighted by atomic mass is 16.3. The zero-order chi connectivity index (χ0) is 13.0. The average molecular weight is 247 g/mol. The first-order chi connectivity index (χ1) is 8.65. The lowest BCUT2D eigenvalue weighted by Crippen LogP contribution is -2.47. The van der Waals surface area contributed by atoms with Gasteiger partial charge < -0.3 is 10.4 Å². The number of rotatable bonds is 4. The fourth-order valence-electron chi connectivity index (χ4n) is 3.03. The Morgan fingerprint density at radius 3 is 2.50 bits per heavy atom. The van der Waals surface area contributed by atoms with Gasteiger partial charge >= 0.3 is 0 Å². The molecule has 1 unspecified atom stereocenters. The summed E-state index contributed by atoms with van der Waals surface area (Å²) in [5.41, 5.74) is 2.21. The minimum Gasteiger partial charge on any atom is -0.394 e. The van der Waals surface area contributed by atoms with Gasteiger partial charge in [-0.3, -0.25) is 0 Å². The van der Waals surface area contributed by atoms with Gasteiger partial charge in [-0.1, -0.05) is 37.5 Å². The lowest BCUT2D eigenvalue weighted by molar-refractivity contribution is 0.144. The number of hydrogen-bond acceptors (Lipinski definition) is 2. The fraction of sp³-hybridized carbons (Fsp3) is 0.625. The number of hydrogen-bond donors (Lipinski definition) is 2. The second kappa shape index (κ2) is 5.75. The molecule has 0 amide bonds. The number of anilines is 1. The van der Waals surface area contributed by atoms with Crippen LogP contribution in [0.3, 0.4) is 0 Å². The Balaban J connectivity index is 2.14. The molecule has 1 aliphatic rings. The molecule has 0 heterocycles. The van der Waals surface area contributed by atoms with Gasteiger partial charge in [-0.2, -0.15) is 0 Å². The van der Waals surface area contributed by atoms with Crippen LogP contribution in [0.15, 0.2) is 24.3 Å². The summed E-state index contributed by atoms with van der Waals surface area (Å²) in [5.74, 6) is 0.579. The minimum atomic E-state index is -0.188. The van der Waals surface area contributed by atoms with E-state index in [2.05, 4.69) is 37.4 Å². The van der Waals surface area contributed by atoms with E-state index in [1.165, 1.54) is 37.7 Å². The van der Waals surface area contributed by atoms with Crippen LogP contribution in [0.2, 0.25) is 0 Å². The molecule has 1 fully saturated rings. The van der Waals surface area contributed by atoms with Crippen LogP contribution >= 0.6 is 0 Å². The van der Waals surface area contributed by atoms with Gasteiger partial charge in [0.2, 0.25) is 0 Å². The van der Waals surface area contributed by atoms with Crippen molar-refractivity contribution in [2.75, 3.05) is 11.9 Å². The number of para-hydroxylation sites is 1. The van der Waals surface area contributed by atoms with Crippen LogP contribution in [0.25, 0.3) is 0 Å². The molecule has 2 N–H and O–H groups in total. The smallest absolute Gasteiger partial charge is 0.0661 e. The normalized spacial score (nSPS) is 20.4. The summed E-state index contributed by atoms with van der Waals surface area (Å²) in [7, 11) is 0. The van der Waals surface area contributed by atoms with Crippen molar-refractivity contribution >= 4 is 5.69 Å². The highest BCUT2D eigenvalue weighted by Gasteiger charge is 2.34. The van der Waals surface area contributed by atoms with E-state index in [4.69, 9.17) is 0 Å². The minimum absolute atomic E-state index is 0.188. The van der Waals surface area contributed by atoms with Crippen molar-refractivity contribution in [1.82, 2.24) is 0 Å². The molecule has 1 aromatic carbocycles. The van der Waals surface area contributed by atoms with E-state index in [1.54, 1.807) is 0 Å². The molecule has 0 saturated heterocycles. The topological polar surface area (TPSA) is 32.3 Å². The Labute approximate surface area is 110 Å². The lowest BCUT2D eigenvalue weighted by atomic mass is 9.76. The second-order valence-electron chi connectivity index (χ2n) is 5.85. The molecule has 1 saturated carbocycles. The molecule has 1 aromatic rings. The first-order valence-corrected chi connectivity index (χ1v) is 7.10. The predicted molar refractivity (Wildman–Crippen MR) is 76.9 cm³/mol. The summed E-state index contributed by atoms with van der Waals surface area (Å²) in [6, 6.07) is 8.32. The number of aliphatic hydroxyl groups excluding tert-OH is 1. The molecular formula is C16H25NO. The van der Waals surface area contributed by atoms with Gasteiger partial charge in [-0.15, -0.1) is 0 Å². The molecule has 18 heavy (non-hydrogen) atoms. The molecule has 2 rings (SSSR count). The van der Waals surface area contributed by atoms with Crippen LogP contribution in [0, 0.1) is 12.8 Å². The van der Waals surface area contributed by atoms with E-state index in [0.717, 1.165) is 5.69 Å². The van der Waals surface area contributed by atoms with Crippen LogP contribution < -0.4 is 5.32 Å². The highest BCUT2D eigenvalue weighted by Crippen LogP contribution is 2.35. The van der Waals surface area contributed by atoms with Crippen molar-refractivity contribution in [3.8, 4) is 0 Å². The molecule has 1 aliphatic carbocycles. The SMILES string of the molecule is Cc1ccccc1NC(C)(CO)C1CCCCC1. The van der Waals surface area contributed by atoms with Gasteiger partial charge in [0, 0.05) is 5.69 Å². The van der Waals surface area contributed by atoms with E-state index in [0.29, 0.717) is 5.92 Å². The maximum Gasteiger partial charge on any atom is 0.0661 e. The summed E-state index contributed by atoms with van der Waals surface area (Å²) in [6.45, 7) is 4.47. The van der Waals surface area contributed by atoms with Crippen molar-refractivity contribution in [2.24, 2.45) is 5.92 Å². The summed E-state index contributed by atoms with van der Waals surface area (Å²) < 4.78 is 0. The van der Waals surface area contributed by atoms with E-state index in [1.807, 2.05) is 6.07 Å². The lowest BCUT2D eigenvalue weighted by Gasteiger charge is -2.40. The van der Waals surface area contributed by atoms with Gasteiger partial charge in [0.25, 0.3) is 0 Å². The van der Waals surface area contributed by atoms with Crippen molar-refractivity contribution in [3.63, 3.8) is 0 Å². The van der Waals surface area contributed by atoms with Crippen LogP contribution in [0.1, 0.15) is 44.6 Å². The van der Waals surface area contributed by atoms with Crippen molar-refractivity contribution in [3.05, 3.63) is 29.8 Å². The van der Waals surface area contributed by atoms with Crippen molar-refractivity contribution < 1.29 is 5.11 Å². The maximum atomic E-state index is 9.83. The molecule has 0 bridgehead atoms. The zero-order valence-corrected chi connectivity index (χ0v) is 11.6. The third kappa shape index (κ3) is 2.86. The average Bonchev–Trinajstić information content (AvgIpc) is 2.42. The third-order valence-corrected chi connectivity index (χ3v) is 4.40. The molecule has 0 spiro atoms. The second-order valence-corrected chi connectivity index (χ2v) is 5.85. The number of aliphatic hydroxyl groups is 1. The van der Waals surface area contributed by atoms with Crippen molar-refractivity contribution in [2.45, 2.75) is 51.5 Å². The molecular weight excluding hydrogens is 222 g/mol. The summed E-state index contributed by atoms with van der Waals surface area (Å²) in [5, 5.41) is 13.4. The number of aryl methyl sites for hydroxylation is 1. The first-order valence-electron chi connectivity index (χ1n) is 7.10. The van der Waals surface area contributed by atoms with Crippen LogP contribution in [0.5, 0.6) is 0 Å². The Bertz CT molecular complexity index is 384. The first kappa shape index (κ1) is 13.4. The molecule has 2 nitrogen and oxygen atoms in total. The number of nitrogens with one attached hydrogen (secondary N) is 1. The monoisotopic (exact) mass is 247 g/mol. The number of benzene rings is 1. The molecule has 0 aromatic heterocycles. The molecule has 1 atom stereocenters. The Morgan fingerprint density at radius 2 is 1.89 bits per heavy atom. The predicted octanol–water partition coefficient (Wildman–Crippen LogP) is 3.74. The van der Waals surface area contributed by atoms with E-state index < -0.39 is 0 Å². The van der Waals surface area contributed by atoms with E-state index in [-0.39, 0.29) is 12.1 Å². The molecule has 0 aliphatic heterocycles. The largest absolute Gasteiger partial charge is 0.394 e. The highest BCUT2D eigenvalue weighted by molar-refractivity contribution is 5.52. The third-order valence-electron chi connectivity index (χ3n) is 4.40. The van der Waals surface area contributed by atoms with E-state index >= 15 is 0 Å². The van der Waals surface area contributed by atoms with Gasteiger partial charge in [0.05, 0.1) is 12.1 Å². The van der Waals surface area contributed by atoms with Gasteiger partial charge in [-0.05, 0) is 44.2 Å². The summed E-state index contributed by atoms with van der Waals surface area (Å²) in [6.07, 6.45) is 6.42. The molecule has 100 valence electrons. The molecule has 0 radical (unpaired) electrons. The molecule has 2 heteroatoms. The van der Waals surface area contributed by atoms with Crippen molar-refractivity contribution in [1.29, 1.82) is 0 Å². The van der Waals surface area contributed by atoms with Crippen LogP contribution in [-0.4, -0.2) is 17.3 Å². The zero-order valence-electron chi connectivity index (χ0n) is 11.6. The Hall–Kier alpha value is -1.02. The Morgan fingerprint density at radius 1 is 1.22 bits per heavy atom. The van der Waals surface area contributed by atoms with Crippen LogP contribution in [0.4, 0.5) is 5.69 Å². The van der Waals surface area contributed by atoms with E-state index in [9.17, 15) is 5.11 Å². The standard InChI is InChI=1S/C16H25NO/c1-13-8-6-7-11-15(13)17-16(2,12-18)14-9-4-3-5-10-14/h6-8,11,14,17-18H,3-5,9-10,12H2,1-2H3. The van der Waals surface area contributed by atoms with Crippen LogP contribution in [-0.2, 0) is 0 Å². The fourth-order valence-corrected chi connectivity index (χ4v) is 3.03. The van der Waals surface area contributed by atoms with Gasteiger partial charge in [0.15, 0.2) is 0 Å². The maximum absolute atomic E-state index is 9.83.